The Morgan fingerprint density at radius 2 is 1.67 bits per heavy atom. The van der Waals surface area contributed by atoms with Crippen LogP contribution in [0.2, 0.25) is 0 Å². The van der Waals surface area contributed by atoms with E-state index in [1.807, 2.05) is 0 Å². The Morgan fingerprint density at radius 3 is 2.27 bits per heavy atom. The second-order valence-electron chi connectivity index (χ2n) is 8.03. The molecule has 33 heavy (non-hydrogen) atoms. The quantitative estimate of drug-likeness (QED) is 0.117. The molecule has 1 saturated carbocycles. The number of methoxy groups -OCH3 is 1. The van der Waals surface area contributed by atoms with Crippen LogP contribution < -0.4 is 0 Å². The highest BCUT2D eigenvalue weighted by molar-refractivity contribution is 5.90. The largest absolute Gasteiger partial charge is 0.469 e. The number of carbonyl (C=O) groups excluding carboxylic acids is 3. The lowest BCUT2D eigenvalue weighted by atomic mass is 9.85. The summed E-state index contributed by atoms with van der Waals surface area (Å²) < 4.78 is 15.3. The Morgan fingerprint density at radius 1 is 0.909 bits per heavy atom. The maximum atomic E-state index is 11.7. The van der Waals surface area contributed by atoms with Gasteiger partial charge in [-0.15, -0.1) is 0 Å². The van der Waals surface area contributed by atoms with Gasteiger partial charge >= 0.3 is 17.9 Å². The van der Waals surface area contributed by atoms with Crippen molar-refractivity contribution < 1.29 is 38.3 Å². The molecule has 1 aliphatic carbocycles. The third kappa shape index (κ3) is 11.2. The summed E-state index contributed by atoms with van der Waals surface area (Å²) in [4.78, 5) is 44.3. The Balaban J connectivity index is 2.80. The number of unbranched alkanes of at least 4 members (excludes halogenated alkanes) is 2. The smallest absolute Gasteiger partial charge is 0.305 e. The van der Waals surface area contributed by atoms with E-state index in [1.54, 1.807) is 0 Å². The first kappa shape index (κ1) is 28.4. The summed E-state index contributed by atoms with van der Waals surface area (Å²) >= 11 is 0. The van der Waals surface area contributed by atoms with E-state index in [1.165, 1.54) is 35.2 Å². The molecule has 1 fully saturated rings. The molecular formula is C23H38N2O8. The van der Waals surface area contributed by atoms with Gasteiger partial charge in [0.05, 0.1) is 25.1 Å². The Kier molecular flexibility index (Phi) is 13.8. The van der Waals surface area contributed by atoms with E-state index in [-0.39, 0.29) is 42.3 Å². The zero-order valence-electron chi connectivity index (χ0n) is 20.5. The first-order valence-corrected chi connectivity index (χ1v) is 11.4. The number of hydrogen-bond acceptors (Lipinski definition) is 10. The minimum absolute atomic E-state index is 0.0292. The lowest BCUT2D eigenvalue weighted by Crippen LogP contribution is -2.26. The molecule has 0 amide bonds. The fourth-order valence-corrected chi connectivity index (χ4v) is 4.23. The summed E-state index contributed by atoms with van der Waals surface area (Å²) in [6.45, 7) is 3.21. The molecule has 0 heterocycles. The molecule has 3 unspecified atom stereocenters. The molecule has 1 aliphatic rings. The van der Waals surface area contributed by atoms with Crippen LogP contribution in [0, 0.1) is 11.8 Å². The Labute approximate surface area is 196 Å². The van der Waals surface area contributed by atoms with Crippen molar-refractivity contribution in [1.82, 2.24) is 0 Å². The van der Waals surface area contributed by atoms with Gasteiger partial charge < -0.3 is 23.9 Å². The van der Waals surface area contributed by atoms with Crippen molar-refractivity contribution in [2.45, 2.75) is 77.7 Å². The number of oxime groups is 2. The molecule has 0 radical (unpaired) electrons. The second-order valence-corrected chi connectivity index (χ2v) is 8.03. The lowest BCUT2D eigenvalue weighted by molar-refractivity contribution is -0.149. The zero-order chi connectivity index (χ0) is 24.6. The molecule has 10 heteroatoms. The number of nitrogens with zero attached hydrogens (tertiary/aromatic N) is 2. The van der Waals surface area contributed by atoms with Crippen molar-refractivity contribution in [2.75, 3.05) is 27.9 Å². The van der Waals surface area contributed by atoms with Gasteiger partial charge in [0.2, 0.25) is 0 Å². The summed E-state index contributed by atoms with van der Waals surface area (Å²) in [5.74, 6) is -1.01. The molecule has 1 rings (SSSR count). The van der Waals surface area contributed by atoms with Crippen molar-refractivity contribution in [3.05, 3.63) is 0 Å². The van der Waals surface area contributed by atoms with Crippen LogP contribution in [0.25, 0.3) is 0 Å². The fraction of sp³-hybridized carbons (Fsp3) is 0.783. The molecule has 0 saturated heterocycles. The second kappa shape index (κ2) is 16.0. The van der Waals surface area contributed by atoms with E-state index >= 15 is 0 Å². The van der Waals surface area contributed by atoms with Crippen molar-refractivity contribution in [3.63, 3.8) is 0 Å². The summed E-state index contributed by atoms with van der Waals surface area (Å²) in [7, 11) is 4.35. The minimum atomic E-state index is -0.353. The number of rotatable bonds is 15. The van der Waals surface area contributed by atoms with E-state index < -0.39 is 0 Å². The van der Waals surface area contributed by atoms with Crippen molar-refractivity contribution in [2.24, 2.45) is 22.1 Å². The predicted octanol–water partition coefficient (Wildman–Crippen LogP) is 3.42. The van der Waals surface area contributed by atoms with Crippen molar-refractivity contribution in [1.29, 1.82) is 0 Å². The maximum Gasteiger partial charge on any atom is 0.305 e. The number of ether oxygens (including phenoxy) is 3. The van der Waals surface area contributed by atoms with Crippen LogP contribution in [-0.2, 0) is 38.3 Å². The molecule has 0 aromatic heterocycles. The Bertz CT molecular complexity index is 692. The zero-order valence-corrected chi connectivity index (χ0v) is 20.5. The first-order valence-electron chi connectivity index (χ1n) is 11.4. The average molecular weight is 471 g/mol. The lowest BCUT2D eigenvalue weighted by Gasteiger charge is -2.24. The van der Waals surface area contributed by atoms with E-state index in [2.05, 4.69) is 10.3 Å². The standard InChI is InChI=1S/C23H38N2O8/c1-16(26)32-14-8-6-7-9-18(24-30-4)10-11-20-19(12-13-23(28)29-3)21(25-31-5)15-22(20)33-17(2)27/h19-20,22H,6-15H2,1-5H3/b24-18+,25-21+. The van der Waals surface area contributed by atoms with Gasteiger partial charge in [0.1, 0.15) is 20.3 Å². The summed E-state index contributed by atoms with van der Waals surface area (Å²) in [5, 5.41) is 8.33. The maximum absolute atomic E-state index is 11.7. The van der Waals surface area contributed by atoms with Crippen LogP contribution in [0.15, 0.2) is 10.3 Å². The normalized spacial score (nSPS) is 21.5. The highest BCUT2D eigenvalue weighted by Gasteiger charge is 2.43. The molecule has 10 nitrogen and oxygen atoms in total. The van der Waals surface area contributed by atoms with Gasteiger partial charge in [0.25, 0.3) is 0 Å². The highest BCUT2D eigenvalue weighted by atomic mass is 16.6. The molecule has 0 bridgehead atoms. The first-order chi connectivity index (χ1) is 15.8. The molecule has 0 N–H and O–H groups in total. The third-order valence-corrected chi connectivity index (χ3v) is 5.65. The van der Waals surface area contributed by atoms with Crippen LogP contribution in [0.4, 0.5) is 0 Å². The van der Waals surface area contributed by atoms with E-state index in [9.17, 15) is 14.4 Å². The minimum Gasteiger partial charge on any atom is -0.469 e. The van der Waals surface area contributed by atoms with E-state index in [0.717, 1.165) is 37.1 Å². The SMILES string of the molecule is CO/N=C(\CCCCCOC(C)=O)CCC1C(OC(C)=O)C/C(=N\OC)C1CCC(=O)OC. The Hall–Kier alpha value is -2.65. The molecular weight excluding hydrogens is 432 g/mol. The molecule has 188 valence electrons. The van der Waals surface area contributed by atoms with Crippen LogP contribution in [0.1, 0.15) is 71.6 Å². The van der Waals surface area contributed by atoms with Gasteiger partial charge in [-0.1, -0.05) is 10.3 Å². The fourth-order valence-electron chi connectivity index (χ4n) is 4.23. The van der Waals surface area contributed by atoms with Crippen LogP contribution >= 0.6 is 0 Å². The molecule has 0 aromatic carbocycles. The summed E-state index contributed by atoms with van der Waals surface area (Å²) in [6, 6.07) is 0. The topological polar surface area (TPSA) is 122 Å². The van der Waals surface area contributed by atoms with Crippen LogP contribution in [-0.4, -0.2) is 63.4 Å². The molecule has 0 aliphatic heterocycles. The summed E-state index contributed by atoms with van der Waals surface area (Å²) in [5.41, 5.74) is 1.70. The van der Waals surface area contributed by atoms with Crippen molar-refractivity contribution >= 4 is 29.3 Å². The van der Waals surface area contributed by atoms with E-state index in [4.69, 9.17) is 23.9 Å². The van der Waals surface area contributed by atoms with E-state index in [0.29, 0.717) is 32.3 Å². The van der Waals surface area contributed by atoms with Gasteiger partial charge in [-0.05, 0) is 44.9 Å². The van der Waals surface area contributed by atoms with Crippen LogP contribution in [0.5, 0.6) is 0 Å². The van der Waals surface area contributed by atoms with Crippen LogP contribution in [0.3, 0.4) is 0 Å². The monoisotopic (exact) mass is 470 g/mol. The molecule has 0 aromatic rings. The molecule has 0 spiro atoms. The van der Waals surface area contributed by atoms with Gasteiger partial charge in [0.15, 0.2) is 0 Å². The number of esters is 3. The van der Waals surface area contributed by atoms with Crippen molar-refractivity contribution in [3.8, 4) is 0 Å². The van der Waals surface area contributed by atoms with Gasteiger partial charge in [-0.3, -0.25) is 14.4 Å². The number of hydrogen-bond donors (Lipinski definition) is 0. The third-order valence-electron chi connectivity index (χ3n) is 5.65. The predicted molar refractivity (Wildman–Crippen MR) is 122 cm³/mol. The van der Waals surface area contributed by atoms with Gasteiger partial charge in [-0.25, -0.2) is 0 Å². The highest BCUT2D eigenvalue weighted by Crippen LogP contribution is 2.39. The van der Waals surface area contributed by atoms with Gasteiger partial charge in [-0.2, -0.15) is 0 Å². The number of carbonyl (C=O) groups is 3. The average Bonchev–Trinajstić information content (AvgIpc) is 3.07. The summed E-state index contributed by atoms with van der Waals surface area (Å²) in [6.07, 6.45) is 5.61. The van der Waals surface area contributed by atoms with Gasteiger partial charge in [0, 0.05) is 38.5 Å². The molecule has 3 atom stereocenters.